The molecule has 0 nitrogen and oxygen atoms in total. The number of aryl methyl sites for hydroxylation is 2. The second kappa shape index (κ2) is 5.64. The molecule has 0 spiro atoms. The van der Waals surface area contributed by atoms with Crippen LogP contribution in [0.15, 0.2) is 24.3 Å². The van der Waals surface area contributed by atoms with Gasteiger partial charge >= 0.3 is 0 Å². The van der Waals surface area contributed by atoms with Crippen molar-refractivity contribution in [3.05, 3.63) is 41.0 Å². The van der Waals surface area contributed by atoms with E-state index in [0.29, 0.717) is 0 Å². The van der Waals surface area contributed by atoms with Crippen molar-refractivity contribution >= 4 is 6.08 Å². The van der Waals surface area contributed by atoms with E-state index >= 15 is 0 Å². The monoisotopic (exact) mass is 188 g/mol. The third kappa shape index (κ3) is 3.37. The van der Waals surface area contributed by atoms with Crippen LogP contribution >= 0.6 is 0 Å². The minimum Gasteiger partial charge on any atom is -0.0839 e. The molecular formula is C14H20. The molecule has 0 unspecified atom stereocenters. The summed E-state index contributed by atoms with van der Waals surface area (Å²) in [5.74, 6) is 0. The quantitative estimate of drug-likeness (QED) is 0.610. The average molecular weight is 188 g/mol. The van der Waals surface area contributed by atoms with Gasteiger partial charge in [0.2, 0.25) is 0 Å². The van der Waals surface area contributed by atoms with Gasteiger partial charge in [-0.05, 0) is 31.4 Å². The maximum atomic E-state index is 2.28. The van der Waals surface area contributed by atoms with Crippen LogP contribution in [0.25, 0.3) is 6.08 Å². The Morgan fingerprint density at radius 1 is 1.21 bits per heavy atom. The first-order valence-corrected chi connectivity index (χ1v) is 5.48. The zero-order chi connectivity index (χ0) is 10.4. The molecule has 0 heterocycles. The summed E-state index contributed by atoms with van der Waals surface area (Å²) >= 11 is 0. The highest BCUT2D eigenvalue weighted by atomic mass is 14.0. The van der Waals surface area contributed by atoms with Gasteiger partial charge in [0.25, 0.3) is 0 Å². The lowest BCUT2D eigenvalue weighted by Crippen LogP contribution is -1.81. The molecule has 0 amide bonds. The molecule has 1 rings (SSSR count). The van der Waals surface area contributed by atoms with Gasteiger partial charge in [0.15, 0.2) is 0 Å². The molecule has 0 aliphatic carbocycles. The molecule has 0 radical (unpaired) electrons. The van der Waals surface area contributed by atoms with Gasteiger partial charge in [-0.3, -0.25) is 0 Å². The Bertz CT molecular complexity index is 308. The van der Waals surface area contributed by atoms with Crippen LogP contribution in [-0.2, 0) is 0 Å². The van der Waals surface area contributed by atoms with Crippen LogP contribution in [0.4, 0.5) is 0 Å². The topological polar surface area (TPSA) is 0 Å². The Morgan fingerprint density at radius 2 is 2.00 bits per heavy atom. The summed E-state index contributed by atoms with van der Waals surface area (Å²) < 4.78 is 0. The molecular weight excluding hydrogens is 168 g/mol. The zero-order valence-corrected chi connectivity index (χ0v) is 9.51. The predicted molar refractivity (Wildman–Crippen MR) is 64.5 cm³/mol. The SMILES string of the molecule is CCCC/C=C\c1cc(C)ccc1C. The lowest BCUT2D eigenvalue weighted by molar-refractivity contribution is 0.816. The van der Waals surface area contributed by atoms with Crippen molar-refractivity contribution in [3.63, 3.8) is 0 Å². The van der Waals surface area contributed by atoms with Crippen LogP contribution in [0.5, 0.6) is 0 Å². The Balaban J connectivity index is 2.65. The van der Waals surface area contributed by atoms with Gasteiger partial charge in [-0.1, -0.05) is 55.7 Å². The minimum atomic E-state index is 1.20. The average Bonchev–Trinajstić information content (AvgIpc) is 2.18. The normalized spacial score (nSPS) is 11.1. The molecule has 0 bridgehead atoms. The van der Waals surface area contributed by atoms with E-state index in [0.717, 1.165) is 0 Å². The van der Waals surface area contributed by atoms with Crippen LogP contribution in [0.1, 0.15) is 42.9 Å². The molecule has 0 N–H and O–H groups in total. The fourth-order valence-corrected chi connectivity index (χ4v) is 1.47. The van der Waals surface area contributed by atoms with E-state index in [4.69, 9.17) is 0 Å². The first-order valence-electron chi connectivity index (χ1n) is 5.48. The number of hydrogen-bond acceptors (Lipinski definition) is 0. The molecule has 0 heteroatoms. The van der Waals surface area contributed by atoms with Crippen molar-refractivity contribution in [3.8, 4) is 0 Å². The summed E-state index contributed by atoms with van der Waals surface area (Å²) in [6.07, 6.45) is 8.30. The maximum absolute atomic E-state index is 2.28. The van der Waals surface area contributed by atoms with Gasteiger partial charge in [0.1, 0.15) is 0 Å². The summed E-state index contributed by atoms with van der Waals surface area (Å²) in [7, 11) is 0. The highest BCUT2D eigenvalue weighted by Crippen LogP contribution is 2.13. The zero-order valence-electron chi connectivity index (χ0n) is 9.51. The number of allylic oxidation sites excluding steroid dienone is 1. The highest BCUT2D eigenvalue weighted by Gasteiger charge is 1.93. The molecule has 0 saturated carbocycles. The second-order valence-electron chi connectivity index (χ2n) is 3.90. The van der Waals surface area contributed by atoms with Gasteiger partial charge in [0.05, 0.1) is 0 Å². The van der Waals surface area contributed by atoms with E-state index < -0.39 is 0 Å². The molecule has 0 aromatic heterocycles. The van der Waals surface area contributed by atoms with Gasteiger partial charge in [-0.25, -0.2) is 0 Å². The molecule has 0 atom stereocenters. The van der Waals surface area contributed by atoms with Crippen molar-refractivity contribution in [1.29, 1.82) is 0 Å². The summed E-state index contributed by atoms with van der Waals surface area (Å²) in [6, 6.07) is 6.60. The molecule has 0 aliphatic rings. The predicted octanol–water partition coefficient (Wildman–Crippen LogP) is 4.51. The molecule has 76 valence electrons. The molecule has 14 heavy (non-hydrogen) atoms. The van der Waals surface area contributed by atoms with E-state index in [1.165, 1.54) is 36.0 Å². The largest absolute Gasteiger partial charge is 0.0839 e. The fourth-order valence-electron chi connectivity index (χ4n) is 1.47. The van der Waals surface area contributed by atoms with Crippen LogP contribution < -0.4 is 0 Å². The van der Waals surface area contributed by atoms with Crippen molar-refractivity contribution in [2.45, 2.75) is 40.0 Å². The Morgan fingerprint density at radius 3 is 2.71 bits per heavy atom. The number of hydrogen-bond donors (Lipinski definition) is 0. The van der Waals surface area contributed by atoms with Crippen LogP contribution in [0.3, 0.4) is 0 Å². The fraction of sp³-hybridized carbons (Fsp3) is 0.429. The molecule has 0 aliphatic heterocycles. The van der Waals surface area contributed by atoms with Gasteiger partial charge < -0.3 is 0 Å². The van der Waals surface area contributed by atoms with E-state index in [-0.39, 0.29) is 0 Å². The Labute approximate surface area is 87.7 Å². The van der Waals surface area contributed by atoms with E-state index in [9.17, 15) is 0 Å². The van der Waals surface area contributed by atoms with Crippen molar-refractivity contribution in [2.24, 2.45) is 0 Å². The Kier molecular flexibility index (Phi) is 4.45. The highest BCUT2D eigenvalue weighted by molar-refractivity contribution is 5.54. The Hall–Kier alpha value is -1.04. The third-order valence-electron chi connectivity index (χ3n) is 2.46. The smallest absolute Gasteiger partial charge is 0.0228 e. The van der Waals surface area contributed by atoms with Crippen LogP contribution in [0.2, 0.25) is 0 Å². The molecule has 0 fully saturated rings. The van der Waals surface area contributed by atoms with E-state index in [1.807, 2.05) is 0 Å². The summed E-state index contributed by atoms with van der Waals surface area (Å²) in [4.78, 5) is 0. The lowest BCUT2D eigenvalue weighted by Gasteiger charge is -2.01. The van der Waals surface area contributed by atoms with Crippen molar-refractivity contribution < 1.29 is 0 Å². The minimum absolute atomic E-state index is 1.20. The first kappa shape index (κ1) is 11.0. The second-order valence-corrected chi connectivity index (χ2v) is 3.90. The van der Waals surface area contributed by atoms with Crippen LogP contribution in [-0.4, -0.2) is 0 Å². The van der Waals surface area contributed by atoms with Crippen molar-refractivity contribution in [2.75, 3.05) is 0 Å². The van der Waals surface area contributed by atoms with E-state index in [2.05, 4.69) is 51.1 Å². The summed E-state index contributed by atoms with van der Waals surface area (Å²) in [6.45, 7) is 6.54. The first-order chi connectivity index (χ1) is 6.74. The van der Waals surface area contributed by atoms with Gasteiger partial charge in [-0.15, -0.1) is 0 Å². The standard InChI is InChI=1S/C14H20/c1-4-5-6-7-8-14-11-12(2)9-10-13(14)3/h7-11H,4-6H2,1-3H3/b8-7-. The summed E-state index contributed by atoms with van der Waals surface area (Å²) in [5.41, 5.74) is 4.06. The number of unbranched alkanes of at least 4 members (excludes halogenated alkanes) is 2. The molecule has 0 saturated heterocycles. The van der Waals surface area contributed by atoms with Crippen LogP contribution in [0, 0.1) is 13.8 Å². The van der Waals surface area contributed by atoms with Crippen molar-refractivity contribution in [1.82, 2.24) is 0 Å². The number of benzene rings is 1. The molecule has 1 aromatic carbocycles. The molecule has 1 aromatic rings. The third-order valence-corrected chi connectivity index (χ3v) is 2.46. The lowest BCUT2D eigenvalue weighted by atomic mass is 10.0. The van der Waals surface area contributed by atoms with Gasteiger partial charge in [0, 0.05) is 0 Å². The van der Waals surface area contributed by atoms with Gasteiger partial charge in [-0.2, -0.15) is 0 Å². The summed E-state index contributed by atoms with van der Waals surface area (Å²) in [5, 5.41) is 0. The van der Waals surface area contributed by atoms with E-state index in [1.54, 1.807) is 0 Å². The number of rotatable bonds is 4. The maximum Gasteiger partial charge on any atom is -0.0228 e.